The topological polar surface area (TPSA) is 90.0 Å². The summed E-state index contributed by atoms with van der Waals surface area (Å²) in [4.78, 5) is 51.0. The van der Waals surface area contributed by atoms with Crippen molar-refractivity contribution in [2.24, 2.45) is 5.92 Å². The highest BCUT2D eigenvalue weighted by Gasteiger charge is 2.35. The number of ketones is 1. The molecule has 0 bridgehead atoms. The number of carbonyl (C=O) groups excluding carboxylic acids is 4. The first kappa shape index (κ1) is 22.2. The lowest BCUT2D eigenvalue weighted by Crippen LogP contribution is -2.31. The summed E-state index contributed by atoms with van der Waals surface area (Å²) in [7, 11) is 0. The summed E-state index contributed by atoms with van der Waals surface area (Å²) in [6.07, 6.45) is 0.702. The molecule has 0 radical (unpaired) electrons. The summed E-state index contributed by atoms with van der Waals surface area (Å²) in [6.45, 7) is 6.32. The van der Waals surface area contributed by atoms with Crippen LogP contribution in [0.5, 0.6) is 5.75 Å². The van der Waals surface area contributed by atoms with Crippen molar-refractivity contribution in [3.05, 3.63) is 64.7 Å². The quantitative estimate of drug-likeness (QED) is 0.347. The SMILES string of the molecule is CCOc1ccc(C(=O)COC(=O)c2ccc3c(c2)C(=O)N(CCC(C)C)C3=O)cc1. The van der Waals surface area contributed by atoms with Gasteiger partial charge in [0.05, 0.1) is 23.3 Å². The molecule has 1 heterocycles. The zero-order valence-electron chi connectivity index (χ0n) is 17.8. The van der Waals surface area contributed by atoms with Gasteiger partial charge in [-0.3, -0.25) is 19.3 Å². The average Bonchev–Trinajstić information content (AvgIpc) is 3.00. The van der Waals surface area contributed by atoms with Crippen molar-refractivity contribution in [1.29, 1.82) is 0 Å². The van der Waals surface area contributed by atoms with Crippen LogP contribution in [0, 0.1) is 5.92 Å². The molecule has 2 aromatic carbocycles. The summed E-state index contributed by atoms with van der Waals surface area (Å²) in [5, 5.41) is 0. The first-order chi connectivity index (χ1) is 14.8. The minimum absolute atomic E-state index is 0.116. The molecule has 0 aromatic heterocycles. The highest BCUT2D eigenvalue weighted by Crippen LogP contribution is 2.25. The largest absolute Gasteiger partial charge is 0.494 e. The second-order valence-electron chi connectivity index (χ2n) is 7.66. The highest BCUT2D eigenvalue weighted by atomic mass is 16.5. The third-order valence-electron chi connectivity index (χ3n) is 4.96. The molecule has 2 amide bonds. The molecule has 0 N–H and O–H groups in total. The molecule has 0 spiro atoms. The summed E-state index contributed by atoms with van der Waals surface area (Å²) in [6, 6.07) is 10.8. The molecular formula is C24H25NO6. The number of imide groups is 1. The van der Waals surface area contributed by atoms with Crippen LogP contribution in [0.15, 0.2) is 42.5 Å². The molecule has 3 rings (SSSR count). The molecule has 1 aliphatic rings. The Labute approximate surface area is 180 Å². The molecule has 162 valence electrons. The summed E-state index contributed by atoms with van der Waals surface area (Å²) in [5.74, 6) is -0.864. The van der Waals surface area contributed by atoms with Gasteiger partial charge in [-0.05, 0) is 61.7 Å². The van der Waals surface area contributed by atoms with E-state index in [1.165, 1.54) is 23.1 Å². The van der Waals surface area contributed by atoms with E-state index in [-0.39, 0.29) is 28.4 Å². The Kier molecular flexibility index (Phi) is 6.84. The van der Waals surface area contributed by atoms with E-state index in [9.17, 15) is 19.2 Å². The van der Waals surface area contributed by atoms with E-state index in [1.54, 1.807) is 24.3 Å². The van der Waals surface area contributed by atoms with Crippen LogP contribution in [0.4, 0.5) is 0 Å². The first-order valence-electron chi connectivity index (χ1n) is 10.2. The fraction of sp³-hybridized carbons (Fsp3) is 0.333. The van der Waals surface area contributed by atoms with Gasteiger partial charge >= 0.3 is 5.97 Å². The van der Waals surface area contributed by atoms with Gasteiger partial charge in [-0.2, -0.15) is 0 Å². The molecule has 0 atom stereocenters. The third-order valence-corrected chi connectivity index (χ3v) is 4.96. The molecule has 0 saturated carbocycles. The standard InChI is InChI=1S/C24H25NO6/c1-4-30-18-8-5-16(6-9-18)21(26)14-31-24(29)17-7-10-19-20(13-17)23(28)25(22(19)27)12-11-15(2)3/h5-10,13,15H,4,11-12,14H2,1-3H3. The van der Waals surface area contributed by atoms with Crippen molar-refractivity contribution in [2.45, 2.75) is 27.2 Å². The fourth-order valence-electron chi connectivity index (χ4n) is 3.21. The maximum atomic E-state index is 12.6. The molecule has 0 fully saturated rings. The Balaban J connectivity index is 1.64. The predicted octanol–water partition coefficient (Wildman–Crippen LogP) is 3.77. The minimum Gasteiger partial charge on any atom is -0.494 e. The van der Waals surface area contributed by atoms with Gasteiger partial charge in [-0.25, -0.2) is 4.79 Å². The van der Waals surface area contributed by atoms with Gasteiger partial charge in [0.2, 0.25) is 0 Å². The van der Waals surface area contributed by atoms with E-state index >= 15 is 0 Å². The second kappa shape index (κ2) is 9.55. The summed E-state index contributed by atoms with van der Waals surface area (Å²) >= 11 is 0. The normalized spacial score (nSPS) is 12.8. The van der Waals surface area contributed by atoms with E-state index in [0.29, 0.717) is 36.8 Å². The van der Waals surface area contributed by atoms with Gasteiger partial charge in [0.1, 0.15) is 5.75 Å². The van der Waals surface area contributed by atoms with E-state index < -0.39 is 18.5 Å². The number of nitrogens with zero attached hydrogens (tertiary/aromatic N) is 1. The number of fused-ring (bicyclic) bond motifs is 1. The van der Waals surface area contributed by atoms with Crippen LogP contribution < -0.4 is 4.74 Å². The smallest absolute Gasteiger partial charge is 0.338 e. The zero-order chi connectivity index (χ0) is 22.5. The van der Waals surface area contributed by atoms with Gasteiger partial charge in [0.15, 0.2) is 12.4 Å². The maximum absolute atomic E-state index is 12.6. The number of ether oxygens (including phenoxy) is 2. The molecule has 0 unspecified atom stereocenters. The molecule has 31 heavy (non-hydrogen) atoms. The fourth-order valence-corrected chi connectivity index (χ4v) is 3.21. The Morgan fingerprint density at radius 2 is 1.58 bits per heavy atom. The van der Waals surface area contributed by atoms with E-state index in [2.05, 4.69) is 0 Å². The van der Waals surface area contributed by atoms with Gasteiger partial charge in [0.25, 0.3) is 11.8 Å². The van der Waals surface area contributed by atoms with E-state index in [0.717, 1.165) is 0 Å². The molecule has 1 aliphatic heterocycles. The number of hydrogen-bond donors (Lipinski definition) is 0. The molecular weight excluding hydrogens is 398 g/mol. The van der Waals surface area contributed by atoms with Crippen molar-refractivity contribution >= 4 is 23.6 Å². The minimum atomic E-state index is -0.733. The molecule has 7 nitrogen and oxygen atoms in total. The third kappa shape index (κ3) is 4.99. The van der Waals surface area contributed by atoms with Crippen LogP contribution >= 0.6 is 0 Å². The monoisotopic (exact) mass is 423 g/mol. The van der Waals surface area contributed by atoms with Crippen molar-refractivity contribution in [3.63, 3.8) is 0 Å². The number of carbonyl (C=O) groups is 4. The molecule has 0 saturated heterocycles. The number of Topliss-reactive ketones (excluding diaryl/α,β-unsaturated/α-hetero) is 1. The van der Waals surface area contributed by atoms with Crippen molar-refractivity contribution < 1.29 is 28.7 Å². The van der Waals surface area contributed by atoms with Crippen LogP contribution in [-0.2, 0) is 4.74 Å². The Morgan fingerprint density at radius 3 is 2.23 bits per heavy atom. The maximum Gasteiger partial charge on any atom is 0.338 e. The number of rotatable bonds is 9. The van der Waals surface area contributed by atoms with E-state index in [4.69, 9.17) is 9.47 Å². The van der Waals surface area contributed by atoms with Gasteiger partial charge in [-0.15, -0.1) is 0 Å². The molecule has 2 aromatic rings. The Bertz CT molecular complexity index is 1010. The first-order valence-corrected chi connectivity index (χ1v) is 10.2. The van der Waals surface area contributed by atoms with Crippen LogP contribution in [-0.4, -0.2) is 48.2 Å². The summed E-state index contributed by atoms with van der Waals surface area (Å²) in [5.41, 5.74) is 0.966. The van der Waals surface area contributed by atoms with Gasteiger partial charge in [-0.1, -0.05) is 13.8 Å². The van der Waals surface area contributed by atoms with Crippen LogP contribution in [0.2, 0.25) is 0 Å². The lowest BCUT2D eigenvalue weighted by atomic mass is 10.1. The predicted molar refractivity (Wildman–Crippen MR) is 113 cm³/mol. The van der Waals surface area contributed by atoms with Gasteiger partial charge in [0, 0.05) is 12.1 Å². The average molecular weight is 423 g/mol. The number of esters is 1. The second-order valence-corrected chi connectivity index (χ2v) is 7.66. The molecule has 7 heteroatoms. The number of hydrogen-bond acceptors (Lipinski definition) is 6. The Hall–Kier alpha value is -3.48. The van der Waals surface area contributed by atoms with Crippen LogP contribution in [0.3, 0.4) is 0 Å². The summed E-state index contributed by atoms with van der Waals surface area (Å²) < 4.78 is 10.5. The van der Waals surface area contributed by atoms with Gasteiger partial charge < -0.3 is 9.47 Å². The van der Waals surface area contributed by atoms with Crippen molar-refractivity contribution in [2.75, 3.05) is 19.8 Å². The van der Waals surface area contributed by atoms with Crippen molar-refractivity contribution in [1.82, 2.24) is 4.90 Å². The Morgan fingerprint density at radius 1 is 0.935 bits per heavy atom. The number of amides is 2. The zero-order valence-corrected chi connectivity index (χ0v) is 17.8. The van der Waals surface area contributed by atoms with Crippen LogP contribution in [0.25, 0.3) is 0 Å². The van der Waals surface area contributed by atoms with E-state index in [1.807, 2.05) is 20.8 Å². The lowest BCUT2D eigenvalue weighted by molar-refractivity contribution is 0.0474. The number of benzene rings is 2. The lowest BCUT2D eigenvalue weighted by Gasteiger charge is -2.14. The highest BCUT2D eigenvalue weighted by molar-refractivity contribution is 6.22. The molecule has 0 aliphatic carbocycles. The van der Waals surface area contributed by atoms with Crippen LogP contribution in [0.1, 0.15) is 68.6 Å². The van der Waals surface area contributed by atoms with Crippen molar-refractivity contribution in [3.8, 4) is 5.75 Å².